The van der Waals surface area contributed by atoms with Crippen LogP contribution in [-0.2, 0) is 25.4 Å². The minimum absolute atomic E-state index is 0.0205. The summed E-state index contributed by atoms with van der Waals surface area (Å²) >= 11 is 0. The number of ether oxygens (including phenoxy) is 2. The van der Waals surface area contributed by atoms with Crippen LogP contribution in [0.1, 0.15) is 36.1 Å². The zero-order valence-corrected chi connectivity index (χ0v) is 20.6. The van der Waals surface area contributed by atoms with E-state index >= 15 is 0 Å². The second-order valence-corrected chi connectivity index (χ2v) is 8.41. The number of alkyl halides is 6. The number of nitrogens with zero attached hydrogens (tertiary/aromatic N) is 2. The largest absolute Gasteiger partial charge is 0.494 e. The number of aromatic nitrogens is 2. The SMILES string of the molecule is CCOc1cccc(C(F)(F)F)c1Cn1c(=N)n(Cc2c(OCC)cccc2C(F)(F)F)c2ccccc21. The summed E-state index contributed by atoms with van der Waals surface area (Å²) in [6, 6.07) is 13.7. The number of rotatable bonds is 8. The molecular formula is C27H25F6N3O2. The molecule has 1 N–H and O–H groups in total. The second-order valence-electron chi connectivity index (χ2n) is 8.41. The molecule has 4 aromatic rings. The van der Waals surface area contributed by atoms with E-state index in [1.165, 1.54) is 33.4 Å². The molecular weight excluding hydrogens is 512 g/mol. The zero-order chi connectivity index (χ0) is 27.7. The minimum Gasteiger partial charge on any atom is -0.494 e. The van der Waals surface area contributed by atoms with Gasteiger partial charge in [-0.3, -0.25) is 5.41 Å². The molecule has 0 unspecified atom stereocenters. The van der Waals surface area contributed by atoms with Crippen molar-refractivity contribution in [2.24, 2.45) is 0 Å². The van der Waals surface area contributed by atoms with Crippen LogP contribution in [0.4, 0.5) is 26.3 Å². The molecule has 38 heavy (non-hydrogen) atoms. The Labute approximate surface area is 214 Å². The lowest BCUT2D eigenvalue weighted by atomic mass is 10.1. The summed E-state index contributed by atoms with van der Waals surface area (Å²) in [6.45, 7) is 2.79. The van der Waals surface area contributed by atoms with Crippen molar-refractivity contribution in [3.63, 3.8) is 0 Å². The number of benzene rings is 3. The van der Waals surface area contributed by atoms with Crippen LogP contribution in [0.15, 0.2) is 60.7 Å². The Hall–Kier alpha value is -3.89. The summed E-state index contributed by atoms with van der Waals surface area (Å²) in [5.41, 5.74) is -1.66. The molecule has 5 nitrogen and oxygen atoms in total. The molecule has 202 valence electrons. The first-order chi connectivity index (χ1) is 18.0. The first-order valence-corrected chi connectivity index (χ1v) is 11.8. The Bertz CT molecular complexity index is 1390. The fraction of sp³-hybridized carbons (Fsp3) is 0.296. The molecule has 0 atom stereocenters. The first-order valence-electron chi connectivity index (χ1n) is 11.8. The van der Waals surface area contributed by atoms with Crippen molar-refractivity contribution in [2.45, 2.75) is 39.3 Å². The van der Waals surface area contributed by atoms with Crippen molar-refractivity contribution in [3.8, 4) is 11.5 Å². The number of hydrogen-bond donors (Lipinski definition) is 1. The fourth-order valence-electron chi connectivity index (χ4n) is 4.50. The third-order valence-corrected chi connectivity index (χ3v) is 6.08. The molecule has 3 aromatic carbocycles. The van der Waals surface area contributed by atoms with E-state index in [1.54, 1.807) is 38.1 Å². The van der Waals surface area contributed by atoms with E-state index in [1.807, 2.05) is 0 Å². The fourth-order valence-corrected chi connectivity index (χ4v) is 4.50. The molecule has 0 saturated heterocycles. The summed E-state index contributed by atoms with van der Waals surface area (Å²) in [7, 11) is 0. The molecule has 0 spiro atoms. The molecule has 4 rings (SSSR count). The van der Waals surface area contributed by atoms with Gasteiger partial charge >= 0.3 is 12.4 Å². The predicted octanol–water partition coefficient (Wildman–Crippen LogP) is 6.85. The molecule has 1 heterocycles. The van der Waals surface area contributed by atoms with Gasteiger partial charge < -0.3 is 18.6 Å². The molecule has 0 radical (unpaired) electrons. The quantitative estimate of drug-likeness (QED) is 0.250. The van der Waals surface area contributed by atoms with Gasteiger partial charge in [-0.15, -0.1) is 0 Å². The summed E-state index contributed by atoms with van der Waals surface area (Å²) in [5.74, 6) is 0.0409. The molecule has 0 fully saturated rings. The molecule has 0 saturated carbocycles. The van der Waals surface area contributed by atoms with Gasteiger partial charge in [-0.25, -0.2) is 0 Å². The number of halogens is 6. The van der Waals surface area contributed by atoms with E-state index in [-0.39, 0.29) is 54.5 Å². The van der Waals surface area contributed by atoms with Gasteiger partial charge in [0.15, 0.2) is 0 Å². The van der Waals surface area contributed by atoms with Crippen molar-refractivity contribution in [1.82, 2.24) is 9.13 Å². The Morgan fingerprint density at radius 2 is 1.03 bits per heavy atom. The van der Waals surface area contributed by atoms with Crippen LogP contribution >= 0.6 is 0 Å². The maximum absolute atomic E-state index is 13.9. The monoisotopic (exact) mass is 537 g/mol. The standard InChI is InChI=1S/C27H25F6N3O2/c1-3-37-23-13-7-9-19(26(28,29)30)17(23)15-35-21-11-5-6-12-22(21)36(25(35)34)16-18-20(27(31,32)33)10-8-14-24(18)38-4-2/h5-14,34H,3-4,15-16H2,1-2H3. The van der Waals surface area contributed by atoms with Crippen molar-refractivity contribution >= 4 is 11.0 Å². The number of fused-ring (bicyclic) bond motifs is 1. The van der Waals surface area contributed by atoms with Crippen LogP contribution in [-0.4, -0.2) is 22.3 Å². The van der Waals surface area contributed by atoms with E-state index in [2.05, 4.69) is 0 Å². The summed E-state index contributed by atoms with van der Waals surface area (Å²) in [4.78, 5) is 0. The second kappa shape index (κ2) is 10.5. The molecule has 0 amide bonds. The number of imidazole rings is 1. The number of hydrogen-bond acceptors (Lipinski definition) is 3. The Morgan fingerprint density at radius 3 is 1.37 bits per heavy atom. The average molecular weight is 538 g/mol. The first kappa shape index (κ1) is 27.2. The molecule has 11 heteroatoms. The van der Waals surface area contributed by atoms with Gasteiger partial charge in [-0.1, -0.05) is 24.3 Å². The van der Waals surface area contributed by atoms with Crippen LogP contribution in [0.3, 0.4) is 0 Å². The maximum atomic E-state index is 13.9. The lowest BCUT2D eigenvalue weighted by molar-refractivity contribution is -0.139. The lowest BCUT2D eigenvalue weighted by Gasteiger charge is -2.18. The third-order valence-electron chi connectivity index (χ3n) is 6.08. The van der Waals surface area contributed by atoms with E-state index < -0.39 is 23.5 Å². The highest BCUT2D eigenvalue weighted by Crippen LogP contribution is 2.38. The number of nitrogens with one attached hydrogen (secondary N) is 1. The lowest BCUT2D eigenvalue weighted by Crippen LogP contribution is -2.27. The van der Waals surface area contributed by atoms with Crippen LogP contribution in [0.25, 0.3) is 11.0 Å². The molecule has 0 bridgehead atoms. The summed E-state index contributed by atoms with van der Waals surface area (Å²) in [6.07, 6.45) is -9.36. The van der Waals surface area contributed by atoms with Crippen LogP contribution < -0.4 is 15.1 Å². The van der Waals surface area contributed by atoms with Gasteiger partial charge in [0.2, 0.25) is 5.62 Å². The normalized spacial score (nSPS) is 12.2. The van der Waals surface area contributed by atoms with E-state index in [9.17, 15) is 26.3 Å². The zero-order valence-electron chi connectivity index (χ0n) is 20.6. The van der Waals surface area contributed by atoms with Crippen molar-refractivity contribution in [3.05, 3.63) is 88.5 Å². The molecule has 0 aliphatic carbocycles. The van der Waals surface area contributed by atoms with Crippen LogP contribution in [0.5, 0.6) is 11.5 Å². The Balaban J connectivity index is 1.92. The molecule has 0 aliphatic rings. The Morgan fingerprint density at radius 1 is 0.632 bits per heavy atom. The maximum Gasteiger partial charge on any atom is 0.416 e. The van der Waals surface area contributed by atoms with Crippen molar-refractivity contribution in [1.29, 1.82) is 5.41 Å². The molecule has 1 aromatic heterocycles. The van der Waals surface area contributed by atoms with Crippen molar-refractivity contribution in [2.75, 3.05) is 13.2 Å². The van der Waals surface area contributed by atoms with Crippen LogP contribution in [0.2, 0.25) is 0 Å². The van der Waals surface area contributed by atoms with Gasteiger partial charge in [0.1, 0.15) is 11.5 Å². The van der Waals surface area contributed by atoms with Gasteiger partial charge in [0.05, 0.1) is 48.5 Å². The van der Waals surface area contributed by atoms with Gasteiger partial charge in [-0.05, 0) is 50.2 Å². The highest BCUT2D eigenvalue weighted by Gasteiger charge is 2.36. The van der Waals surface area contributed by atoms with Gasteiger partial charge in [0.25, 0.3) is 0 Å². The highest BCUT2D eigenvalue weighted by atomic mass is 19.4. The Kier molecular flexibility index (Phi) is 7.48. The van der Waals surface area contributed by atoms with Gasteiger partial charge in [-0.2, -0.15) is 26.3 Å². The number of para-hydroxylation sites is 2. The smallest absolute Gasteiger partial charge is 0.416 e. The minimum atomic E-state index is -4.68. The predicted molar refractivity (Wildman–Crippen MR) is 129 cm³/mol. The summed E-state index contributed by atoms with van der Waals surface area (Å²) in [5, 5.41) is 8.85. The summed E-state index contributed by atoms with van der Waals surface area (Å²) < 4.78 is 97.1. The van der Waals surface area contributed by atoms with Crippen molar-refractivity contribution < 1.29 is 35.8 Å². The van der Waals surface area contributed by atoms with E-state index in [0.717, 1.165) is 12.1 Å². The molecule has 0 aliphatic heterocycles. The van der Waals surface area contributed by atoms with E-state index in [0.29, 0.717) is 11.0 Å². The van der Waals surface area contributed by atoms with Gasteiger partial charge in [0, 0.05) is 11.1 Å². The topological polar surface area (TPSA) is 52.2 Å². The average Bonchev–Trinajstić information content (AvgIpc) is 3.11. The highest BCUT2D eigenvalue weighted by molar-refractivity contribution is 5.76. The third kappa shape index (κ3) is 5.23. The van der Waals surface area contributed by atoms with Crippen LogP contribution in [0, 0.1) is 5.41 Å². The van der Waals surface area contributed by atoms with E-state index in [4.69, 9.17) is 14.9 Å².